The standard InChI is InChI=1S/2C14H20FNO6S2/c2*1-4-8-23(19,20)16(24(21,22)9-5-2)12-7-6-11(15)13(10(12)3)14(17)18/h2*6-7H,4-5,8-9H2,1-3H3,(H,17,18). The van der Waals surface area contributed by atoms with E-state index in [1.165, 1.54) is 13.8 Å². The summed E-state index contributed by atoms with van der Waals surface area (Å²) in [5.41, 5.74) is -2.76. The van der Waals surface area contributed by atoms with E-state index in [0.717, 1.165) is 24.3 Å². The molecule has 0 bridgehead atoms. The zero-order valence-corrected chi connectivity index (χ0v) is 30.5. The Morgan fingerprint density at radius 3 is 0.958 bits per heavy atom. The number of rotatable bonds is 16. The van der Waals surface area contributed by atoms with E-state index in [0.29, 0.717) is 0 Å². The molecular weight excluding hydrogens is 723 g/mol. The van der Waals surface area contributed by atoms with Crippen LogP contribution in [0.1, 0.15) is 85.2 Å². The Balaban J connectivity index is 0.000000480. The van der Waals surface area contributed by atoms with Crippen molar-refractivity contribution >= 4 is 63.4 Å². The SMILES string of the molecule is CCCS(=O)(=O)N(c1ccc(F)c(C(=O)O)c1C)S(=O)(=O)CCC.CCCS(=O)(=O)N(c1ccc(F)c(C(=O)O)c1C)S(=O)(=O)CCC. The second-order valence-corrected chi connectivity index (χ2v) is 18.6. The summed E-state index contributed by atoms with van der Waals surface area (Å²) in [6.45, 7) is 8.64. The Labute approximate surface area is 280 Å². The molecule has 2 aromatic carbocycles. The zero-order valence-electron chi connectivity index (χ0n) is 27.2. The molecule has 0 spiro atoms. The number of carbonyl (C=O) groups is 2. The van der Waals surface area contributed by atoms with Crippen LogP contribution in [-0.2, 0) is 40.1 Å². The average Bonchev–Trinajstić information content (AvgIpc) is 2.91. The van der Waals surface area contributed by atoms with Crippen LogP contribution in [0.25, 0.3) is 0 Å². The van der Waals surface area contributed by atoms with Crippen molar-refractivity contribution in [2.24, 2.45) is 0 Å². The molecule has 14 nitrogen and oxygen atoms in total. The molecule has 0 saturated carbocycles. The van der Waals surface area contributed by atoms with Crippen LogP contribution in [0.3, 0.4) is 0 Å². The van der Waals surface area contributed by atoms with Crippen LogP contribution in [0.15, 0.2) is 24.3 Å². The highest BCUT2D eigenvalue weighted by Crippen LogP contribution is 2.32. The van der Waals surface area contributed by atoms with Gasteiger partial charge in [0.1, 0.15) is 22.8 Å². The topological polar surface area (TPSA) is 218 Å². The van der Waals surface area contributed by atoms with Gasteiger partial charge in [0.05, 0.1) is 34.4 Å². The number of carboxylic acid groups (broad SMARTS) is 2. The average molecular weight is 763 g/mol. The van der Waals surface area contributed by atoms with Gasteiger partial charge in [0.2, 0.25) is 40.1 Å². The third-order valence-corrected chi connectivity index (χ3v) is 15.7. The van der Waals surface area contributed by atoms with Crippen LogP contribution in [0.2, 0.25) is 0 Å². The summed E-state index contributed by atoms with van der Waals surface area (Å²) >= 11 is 0. The summed E-state index contributed by atoms with van der Waals surface area (Å²) in [7, 11) is -17.0. The lowest BCUT2D eigenvalue weighted by Gasteiger charge is -2.25. The van der Waals surface area contributed by atoms with E-state index in [1.54, 1.807) is 27.7 Å². The van der Waals surface area contributed by atoms with Crippen LogP contribution in [0.5, 0.6) is 0 Å². The molecule has 0 aliphatic heterocycles. The molecule has 2 aromatic rings. The second-order valence-electron chi connectivity index (χ2n) is 10.4. The van der Waals surface area contributed by atoms with Crippen molar-refractivity contribution in [3.8, 4) is 0 Å². The molecule has 20 heteroatoms. The fraction of sp³-hybridized carbons (Fsp3) is 0.500. The van der Waals surface area contributed by atoms with E-state index >= 15 is 0 Å². The lowest BCUT2D eigenvalue weighted by molar-refractivity contribution is 0.0679. The minimum absolute atomic E-state index is 0.173. The number of anilines is 2. The van der Waals surface area contributed by atoms with E-state index in [1.807, 2.05) is 0 Å². The Bertz CT molecular complexity index is 1740. The van der Waals surface area contributed by atoms with Gasteiger partial charge < -0.3 is 10.2 Å². The van der Waals surface area contributed by atoms with E-state index in [2.05, 4.69) is 0 Å². The first-order valence-electron chi connectivity index (χ1n) is 14.5. The molecule has 2 N–H and O–H groups in total. The minimum Gasteiger partial charge on any atom is -0.478 e. The van der Waals surface area contributed by atoms with Gasteiger partial charge in [0, 0.05) is 0 Å². The fourth-order valence-corrected chi connectivity index (χ4v) is 12.9. The number of carboxylic acids is 2. The predicted molar refractivity (Wildman–Crippen MR) is 177 cm³/mol. The highest BCUT2D eigenvalue weighted by molar-refractivity contribution is 8.10. The number of hydrogen-bond donors (Lipinski definition) is 2. The Kier molecular flexibility index (Phi) is 15.0. The van der Waals surface area contributed by atoms with Crippen LogP contribution < -0.4 is 7.42 Å². The minimum atomic E-state index is -4.25. The van der Waals surface area contributed by atoms with Crippen molar-refractivity contribution in [3.63, 3.8) is 0 Å². The fourth-order valence-electron chi connectivity index (χ4n) is 4.56. The Morgan fingerprint density at radius 2 is 0.771 bits per heavy atom. The van der Waals surface area contributed by atoms with Crippen LogP contribution >= 0.6 is 0 Å². The number of halogens is 2. The molecule has 0 atom stereocenters. The molecule has 2 rings (SSSR count). The molecule has 272 valence electrons. The van der Waals surface area contributed by atoms with Gasteiger partial charge >= 0.3 is 11.9 Å². The van der Waals surface area contributed by atoms with Crippen molar-refractivity contribution < 1.29 is 62.3 Å². The smallest absolute Gasteiger partial charge is 0.339 e. The third kappa shape index (κ3) is 9.85. The van der Waals surface area contributed by atoms with Crippen molar-refractivity contribution in [1.82, 2.24) is 0 Å². The molecule has 0 saturated heterocycles. The van der Waals surface area contributed by atoms with Crippen molar-refractivity contribution in [1.29, 1.82) is 0 Å². The summed E-state index contributed by atoms with van der Waals surface area (Å²) in [6.07, 6.45) is 0.692. The molecule has 48 heavy (non-hydrogen) atoms. The van der Waals surface area contributed by atoms with Gasteiger partial charge in [0.15, 0.2) is 0 Å². The number of sulfonamides is 4. The summed E-state index contributed by atoms with van der Waals surface area (Å²) in [5, 5.41) is 18.2. The number of benzene rings is 2. The van der Waals surface area contributed by atoms with Crippen molar-refractivity contribution in [3.05, 3.63) is 58.2 Å². The van der Waals surface area contributed by atoms with Gasteiger partial charge in [-0.2, -0.15) is 7.42 Å². The van der Waals surface area contributed by atoms with E-state index in [4.69, 9.17) is 10.2 Å². The lowest BCUT2D eigenvalue weighted by atomic mass is 10.1. The van der Waals surface area contributed by atoms with Crippen molar-refractivity contribution in [2.75, 3.05) is 30.4 Å². The first-order chi connectivity index (χ1) is 22.0. The quantitative estimate of drug-likeness (QED) is 0.246. The molecule has 0 aromatic heterocycles. The van der Waals surface area contributed by atoms with E-state index in [9.17, 15) is 52.0 Å². The highest BCUT2D eigenvalue weighted by Gasteiger charge is 2.37. The van der Waals surface area contributed by atoms with Gasteiger partial charge in [-0.1, -0.05) is 27.7 Å². The van der Waals surface area contributed by atoms with Gasteiger partial charge in [0.25, 0.3) is 0 Å². The molecule has 0 unspecified atom stereocenters. The van der Waals surface area contributed by atoms with Crippen molar-refractivity contribution in [2.45, 2.75) is 67.2 Å². The van der Waals surface area contributed by atoms with Gasteiger partial charge in [-0.15, -0.1) is 0 Å². The molecular formula is C28H40F2N2O12S4. The first-order valence-corrected chi connectivity index (χ1v) is 21.0. The molecule has 0 aliphatic rings. The summed E-state index contributed by atoms with van der Waals surface area (Å²) < 4.78 is 128. The largest absolute Gasteiger partial charge is 0.478 e. The molecule has 0 radical (unpaired) electrons. The van der Waals surface area contributed by atoms with Crippen LogP contribution in [0, 0.1) is 25.5 Å². The molecule has 0 fully saturated rings. The maximum absolute atomic E-state index is 13.7. The van der Waals surface area contributed by atoms with Gasteiger partial charge in [-0.3, -0.25) is 0 Å². The van der Waals surface area contributed by atoms with Crippen LogP contribution in [0.4, 0.5) is 20.2 Å². The maximum atomic E-state index is 13.7. The summed E-state index contributed by atoms with van der Waals surface area (Å²) in [5.74, 6) is -7.08. The van der Waals surface area contributed by atoms with Gasteiger partial charge in [-0.25, -0.2) is 52.0 Å². The molecule has 0 amide bonds. The third-order valence-electron chi connectivity index (χ3n) is 6.45. The predicted octanol–water partition coefficient (Wildman–Crippen LogP) is 4.24. The Morgan fingerprint density at radius 1 is 0.542 bits per heavy atom. The van der Waals surface area contributed by atoms with E-state index in [-0.39, 0.29) is 55.6 Å². The molecule has 0 aliphatic carbocycles. The monoisotopic (exact) mass is 762 g/mol. The van der Waals surface area contributed by atoms with Gasteiger partial charge in [-0.05, 0) is 74.9 Å². The second kappa shape index (κ2) is 16.8. The first kappa shape index (κ1) is 42.7. The zero-order chi connectivity index (χ0) is 37.4. The molecule has 0 heterocycles. The Hall–Kier alpha value is -3.36. The normalized spacial score (nSPS) is 12.2. The number of nitrogens with zero attached hydrogens (tertiary/aromatic N) is 2. The summed E-state index contributed by atoms with van der Waals surface area (Å²) in [6, 6.07) is 3.44. The lowest BCUT2D eigenvalue weighted by Crippen LogP contribution is -2.40. The van der Waals surface area contributed by atoms with Crippen LogP contribution in [-0.4, -0.2) is 78.8 Å². The summed E-state index contributed by atoms with van der Waals surface area (Å²) in [4.78, 5) is 22.4. The maximum Gasteiger partial charge on any atom is 0.339 e. The highest BCUT2D eigenvalue weighted by atomic mass is 32.3. The number of aromatic carboxylic acids is 2. The van der Waals surface area contributed by atoms with E-state index < -0.39 is 97.8 Å². The number of hydrogen-bond acceptors (Lipinski definition) is 10.